The van der Waals surface area contributed by atoms with Crippen LogP contribution in [0.3, 0.4) is 0 Å². The van der Waals surface area contributed by atoms with Gasteiger partial charge in [-0.1, -0.05) is 0 Å². The minimum absolute atomic E-state index is 0.245. The van der Waals surface area contributed by atoms with Crippen LogP contribution in [-0.4, -0.2) is 29.7 Å². The fraction of sp³-hybridized carbons (Fsp3) is 0.889. The highest BCUT2D eigenvalue weighted by atomic mass is 19.3. The lowest BCUT2D eigenvalue weighted by Crippen LogP contribution is -2.30. The molecule has 5 heteroatoms. The Morgan fingerprint density at radius 1 is 1.43 bits per heavy atom. The zero-order valence-corrected chi connectivity index (χ0v) is 7.53. The Morgan fingerprint density at radius 2 is 2.07 bits per heavy atom. The molecule has 1 heterocycles. The molecule has 2 fully saturated rings. The van der Waals surface area contributed by atoms with Crippen LogP contribution in [0.2, 0.25) is 0 Å². The van der Waals surface area contributed by atoms with E-state index >= 15 is 0 Å². The number of halogens is 2. The minimum Gasteiger partial charge on any atom is -0.481 e. The second kappa shape index (κ2) is 3.46. The van der Waals surface area contributed by atoms with Crippen molar-refractivity contribution < 1.29 is 23.4 Å². The summed E-state index contributed by atoms with van der Waals surface area (Å²) < 4.78 is 29.9. The Hall–Kier alpha value is -0.710. The van der Waals surface area contributed by atoms with Crippen molar-refractivity contribution >= 4 is 5.97 Å². The Bertz CT molecular complexity index is 240. The molecule has 14 heavy (non-hydrogen) atoms. The topological polar surface area (TPSA) is 46.5 Å². The van der Waals surface area contributed by atoms with Crippen LogP contribution in [0, 0.1) is 11.8 Å². The first-order chi connectivity index (χ1) is 6.59. The number of aliphatic carboxylic acids is 1. The zero-order chi connectivity index (χ0) is 10.3. The second-order valence-electron chi connectivity index (χ2n) is 3.99. The van der Waals surface area contributed by atoms with Gasteiger partial charge in [-0.25, -0.2) is 8.78 Å². The largest absolute Gasteiger partial charge is 0.481 e. The molecule has 2 aliphatic rings. The molecule has 3 nitrogen and oxygen atoms in total. The summed E-state index contributed by atoms with van der Waals surface area (Å²) >= 11 is 0. The number of carboxylic acids is 1. The van der Waals surface area contributed by atoms with Gasteiger partial charge in [0.2, 0.25) is 0 Å². The number of rotatable bonds is 3. The first-order valence-electron chi connectivity index (χ1n) is 4.76. The maximum absolute atomic E-state index is 12.4. The number of hydrogen-bond donors (Lipinski definition) is 1. The predicted molar refractivity (Wildman–Crippen MR) is 43.1 cm³/mol. The highest BCUT2D eigenvalue weighted by Crippen LogP contribution is 2.43. The molecule has 1 aliphatic carbocycles. The van der Waals surface area contributed by atoms with E-state index in [2.05, 4.69) is 0 Å². The molecule has 1 N–H and O–H groups in total. The van der Waals surface area contributed by atoms with Gasteiger partial charge in [-0.05, 0) is 25.2 Å². The minimum atomic E-state index is -2.69. The fourth-order valence-electron chi connectivity index (χ4n) is 1.98. The number of ether oxygens (including phenoxy) is 1. The summed E-state index contributed by atoms with van der Waals surface area (Å²) in [6.45, 7) is 0. The molecule has 1 aliphatic heterocycles. The summed E-state index contributed by atoms with van der Waals surface area (Å²) in [5.41, 5.74) is 0. The molecule has 3 atom stereocenters. The summed E-state index contributed by atoms with van der Waals surface area (Å²) in [7, 11) is 0. The van der Waals surface area contributed by atoms with E-state index in [0.29, 0.717) is 5.92 Å². The van der Waals surface area contributed by atoms with Gasteiger partial charge in [0.15, 0.2) is 0 Å². The van der Waals surface area contributed by atoms with E-state index in [9.17, 15) is 13.6 Å². The third-order valence-corrected chi connectivity index (χ3v) is 2.93. The van der Waals surface area contributed by atoms with Crippen molar-refractivity contribution in [3.63, 3.8) is 0 Å². The van der Waals surface area contributed by atoms with Crippen LogP contribution >= 0.6 is 0 Å². The molecule has 0 amide bonds. The Balaban J connectivity index is 2.03. The van der Waals surface area contributed by atoms with Gasteiger partial charge in [0.25, 0.3) is 6.43 Å². The van der Waals surface area contributed by atoms with E-state index in [1.807, 2.05) is 0 Å². The maximum Gasteiger partial charge on any atom is 0.309 e. The van der Waals surface area contributed by atoms with Crippen LogP contribution in [0.25, 0.3) is 0 Å². The summed E-state index contributed by atoms with van der Waals surface area (Å²) in [6.07, 6.45) is -2.15. The lowest BCUT2D eigenvalue weighted by molar-refractivity contribution is -0.147. The number of alkyl halides is 2. The van der Waals surface area contributed by atoms with E-state index < -0.39 is 24.4 Å². The third-order valence-electron chi connectivity index (χ3n) is 2.93. The van der Waals surface area contributed by atoms with Crippen LogP contribution in [-0.2, 0) is 9.53 Å². The monoisotopic (exact) mass is 206 g/mol. The summed E-state index contributed by atoms with van der Waals surface area (Å²) in [5.74, 6) is -1.88. The highest BCUT2D eigenvalue weighted by Gasteiger charge is 2.49. The molecular weight excluding hydrogens is 194 g/mol. The van der Waals surface area contributed by atoms with Crippen molar-refractivity contribution in [3.05, 3.63) is 0 Å². The molecule has 0 bridgehead atoms. The van der Waals surface area contributed by atoms with E-state index in [1.54, 1.807) is 0 Å². The normalized spacial score (nSPS) is 37.8. The smallest absolute Gasteiger partial charge is 0.309 e. The lowest BCUT2D eigenvalue weighted by Gasteiger charge is -2.13. The van der Waals surface area contributed by atoms with Gasteiger partial charge in [0.05, 0.1) is 12.0 Å². The molecule has 0 radical (unpaired) electrons. The lowest BCUT2D eigenvalue weighted by atomic mass is 9.98. The van der Waals surface area contributed by atoms with Crippen molar-refractivity contribution in [2.45, 2.75) is 37.9 Å². The molecular formula is C9H12F2O3. The highest BCUT2D eigenvalue weighted by molar-refractivity contribution is 5.71. The summed E-state index contributed by atoms with van der Waals surface area (Å²) in [5, 5.41) is 8.74. The van der Waals surface area contributed by atoms with Gasteiger partial charge < -0.3 is 9.84 Å². The van der Waals surface area contributed by atoms with Gasteiger partial charge >= 0.3 is 5.97 Å². The van der Waals surface area contributed by atoms with E-state index in [0.717, 1.165) is 12.8 Å². The van der Waals surface area contributed by atoms with Crippen LogP contribution in [0.15, 0.2) is 0 Å². The summed E-state index contributed by atoms with van der Waals surface area (Å²) in [4.78, 5) is 10.7. The average Bonchev–Trinajstić information content (AvgIpc) is 2.83. The van der Waals surface area contributed by atoms with E-state index in [1.165, 1.54) is 0 Å². The zero-order valence-electron chi connectivity index (χ0n) is 7.53. The SMILES string of the molecule is O=C(O)C1CC(C2CC2)OC1C(F)F. The molecule has 0 aromatic heterocycles. The van der Waals surface area contributed by atoms with E-state index in [-0.39, 0.29) is 12.5 Å². The van der Waals surface area contributed by atoms with Gasteiger partial charge in [0.1, 0.15) is 6.10 Å². The quantitative estimate of drug-likeness (QED) is 0.761. The predicted octanol–water partition coefficient (Wildman–Crippen LogP) is 1.52. The third kappa shape index (κ3) is 1.73. The molecule has 3 unspecified atom stereocenters. The molecule has 0 aromatic rings. The van der Waals surface area contributed by atoms with Crippen LogP contribution < -0.4 is 0 Å². The fourth-order valence-corrected chi connectivity index (χ4v) is 1.98. The van der Waals surface area contributed by atoms with Crippen molar-refractivity contribution in [2.24, 2.45) is 11.8 Å². The summed E-state index contributed by atoms with van der Waals surface area (Å²) in [6, 6.07) is 0. The average molecular weight is 206 g/mol. The molecule has 0 spiro atoms. The van der Waals surface area contributed by atoms with Gasteiger partial charge in [-0.3, -0.25) is 4.79 Å². The van der Waals surface area contributed by atoms with Crippen LogP contribution in [0.5, 0.6) is 0 Å². The maximum atomic E-state index is 12.4. The van der Waals surface area contributed by atoms with E-state index in [4.69, 9.17) is 9.84 Å². The van der Waals surface area contributed by atoms with Crippen molar-refractivity contribution in [1.82, 2.24) is 0 Å². The molecule has 1 saturated heterocycles. The molecule has 1 saturated carbocycles. The number of carbonyl (C=O) groups is 1. The van der Waals surface area contributed by atoms with Gasteiger partial charge in [0, 0.05) is 0 Å². The number of hydrogen-bond acceptors (Lipinski definition) is 2. The molecule has 80 valence electrons. The van der Waals surface area contributed by atoms with Gasteiger partial charge in [-0.15, -0.1) is 0 Å². The Morgan fingerprint density at radius 3 is 2.43 bits per heavy atom. The standard InChI is InChI=1S/C9H12F2O3/c10-8(11)7-5(9(12)13)3-6(14-7)4-1-2-4/h4-8H,1-3H2,(H,12,13). The van der Waals surface area contributed by atoms with Crippen LogP contribution in [0.1, 0.15) is 19.3 Å². The Kier molecular flexibility index (Phi) is 2.43. The van der Waals surface area contributed by atoms with Crippen LogP contribution in [0.4, 0.5) is 8.78 Å². The van der Waals surface area contributed by atoms with Crippen molar-refractivity contribution in [2.75, 3.05) is 0 Å². The first-order valence-corrected chi connectivity index (χ1v) is 4.76. The van der Waals surface area contributed by atoms with Gasteiger partial charge in [-0.2, -0.15) is 0 Å². The first kappa shape index (κ1) is 9.83. The second-order valence-corrected chi connectivity index (χ2v) is 3.99. The molecule has 2 rings (SSSR count). The van der Waals surface area contributed by atoms with Crippen molar-refractivity contribution in [3.8, 4) is 0 Å². The van der Waals surface area contributed by atoms with Crippen molar-refractivity contribution in [1.29, 1.82) is 0 Å². The number of carboxylic acid groups (broad SMARTS) is 1. The molecule has 0 aromatic carbocycles. The Labute approximate surface area is 80.0 Å².